The van der Waals surface area contributed by atoms with Crippen molar-refractivity contribution in [3.8, 4) is 0 Å². The molecular weight excluding hydrogens is 242 g/mol. The third-order valence-electron chi connectivity index (χ3n) is 3.68. The molecule has 5 nitrogen and oxygen atoms in total. The van der Waals surface area contributed by atoms with E-state index in [0.717, 1.165) is 10.9 Å². The number of amides is 1. The van der Waals surface area contributed by atoms with Gasteiger partial charge in [-0.15, -0.1) is 0 Å². The zero-order chi connectivity index (χ0) is 13.6. The van der Waals surface area contributed by atoms with Crippen LogP contribution in [0.15, 0.2) is 24.4 Å². The van der Waals surface area contributed by atoms with Crippen molar-refractivity contribution in [1.29, 1.82) is 0 Å². The third kappa shape index (κ3) is 2.06. The van der Waals surface area contributed by atoms with E-state index in [1.807, 2.05) is 6.07 Å². The summed E-state index contributed by atoms with van der Waals surface area (Å²) >= 11 is 0. The van der Waals surface area contributed by atoms with Crippen molar-refractivity contribution in [2.45, 2.75) is 18.9 Å². The number of nitrogens with one attached hydrogen (secondary N) is 1. The van der Waals surface area contributed by atoms with Gasteiger partial charge in [0.05, 0.1) is 11.2 Å². The van der Waals surface area contributed by atoms with Crippen molar-refractivity contribution >= 4 is 22.5 Å². The minimum absolute atomic E-state index is 0.0605. The maximum Gasteiger partial charge on any atom is 0.256 e. The molecule has 4 N–H and O–H groups in total. The van der Waals surface area contributed by atoms with Gasteiger partial charge in [-0.1, -0.05) is 0 Å². The number of carbonyl (C=O) groups is 1. The number of nitrogens with two attached hydrogens (primary N) is 1. The fraction of sp³-hybridized carbons (Fsp3) is 0.357. The molecule has 1 unspecified atom stereocenters. The Morgan fingerprint density at radius 3 is 3.00 bits per heavy atom. The first-order valence-electron chi connectivity index (χ1n) is 6.34. The summed E-state index contributed by atoms with van der Waals surface area (Å²) in [6.45, 7) is 2.72. The molecule has 1 atom stereocenters. The number of rotatable bonds is 1. The second kappa shape index (κ2) is 3.99. The van der Waals surface area contributed by atoms with Crippen molar-refractivity contribution in [2.24, 2.45) is 0 Å². The van der Waals surface area contributed by atoms with Crippen molar-refractivity contribution in [1.82, 2.24) is 9.88 Å². The van der Waals surface area contributed by atoms with Crippen LogP contribution in [-0.4, -0.2) is 39.6 Å². The average molecular weight is 259 g/mol. The summed E-state index contributed by atoms with van der Waals surface area (Å²) in [5.74, 6) is -0.0605. The van der Waals surface area contributed by atoms with E-state index in [9.17, 15) is 9.90 Å². The molecule has 100 valence electrons. The van der Waals surface area contributed by atoms with Gasteiger partial charge >= 0.3 is 0 Å². The molecule has 5 heteroatoms. The van der Waals surface area contributed by atoms with Gasteiger partial charge in [0.1, 0.15) is 0 Å². The molecule has 0 bridgehead atoms. The number of benzene rings is 1. The second-order valence-corrected chi connectivity index (χ2v) is 5.48. The van der Waals surface area contributed by atoms with Gasteiger partial charge in [0.15, 0.2) is 0 Å². The molecule has 0 radical (unpaired) electrons. The van der Waals surface area contributed by atoms with E-state index >= 15 is 0 Å². The van der Waals surface area contributed by atoms with Crippen molar-refractivity contribution in [2.75, 3.05) is 18.8 Å². The number of β-amino-alcohol motifs (C(OH)–C–C–N with tert-alkyl or cyclic N) is 1. The van der Waals surface area contributed by atoms with Crippen LogP contribution in [0.3, 0.4) is 0 Å². The molecule has 2 heterocycles. The number of H-pyrrole nitrogens is 1. The fourth-order valence-electron chi connectivity index (χ4n) is 2.60. The van der Waals surface area contributed by atoms with Crippen LogP contribution in [0.5, 0.6) is 0 Å². The fourth-order valence-corrected chi connectivity index (χ4v) is 2.60. The van der Waals surface area contributed by atoms with Gasteiger partial charge in [0.2, 0.25) is 0 Å². The summed E-state index contributed by atoms with van der Waals surface area (Å²) < 4.78 is 0. The van der Waals surface area contributed by atoms with Crippen molar-refractivity contribution in [3.63, 3.8) is 0 Å². The standard InChI is InChI=1S/C14H17N3O2/c1-14(19)4-5-17(8-14)13(18)11-7-16-12-3-2-9(15)6-10(11)12/h2-3,6-7,16,19H,4-5,8,15H2,1H3. The lowest BCUT2D eigenvalue weighted by Gasteiger charge is -2.18. The highest BCUT2D eigenvalue weighted by Crippen LogP contribution is 2.26. The minimum atomic E-state index is -0.777. The minimum Gasteiger partial charge on any atom is -0.399 e. The number of hydrogen-bond donors (Lipinski definition) is 3. The molecular formula is C14H17N3O2. The summed E-state index contributed by atoms with van der Waals surface area (Å²) in [5.41, 5.74) is 7.13. The van der Waals surface area contributed by atoms with Crippen LogP contribution >= 0.6 is 0 Å². The summed E-state index contributed by atoms with van der Waals surface area (Å²) in [7, 11) is 0. The number of fused-ring (bicyclic) bond motifs is 1. The first-order valence-corrected chi connectivity index (χ1v) is 6.34. The van der Waals surface area contributed by atoms with Crippen LogP contribution in [0.25, 0.3) is 10.9 Å². The Labute approximate surface area is 111 Å². The molecule has 2 aromatic rings. The lowest BCUT2D eigenvalue weighted by molar-refractivity contribution is 0.0573. The molecule has 0 saturated carbocycles. The van der Waals surface area contributed by atoms with Crippen LogP contribution in [0.2, 0.25) is 0 Å². The van der Waals surface area contributed by atoms with Gasteiger partial charge in [-0.25, -0.2) is 0 Å². The summed E-state index contributed by atoms with van der Waals surface area (Å²) in [4.78, 5) is 17.2. The zero-order valence-corrected chi connectivity index (χ0v) is 10.8. The molecule has 3 rings (SSSR count). The Morgan fingerprint density at radius 2 is 2.32 bits per heavy atom. The molecule has 1 fully saturated rings. The molecule has 1 aromatic heterocycles. The number of carbonyl (C=O) groups excluding carboxylic acids is 1. The van der Waals surface area contributed by atoms with Crippen LogP contribution in [0, 0.1) is 0 Å². The number of hydrogen-bond acceptors (Lipinski definition) is 3. The predicted molar refractivity (Wildman–Crippen MR) is 73.9 cm³/mol. The van der Waals surface area contributed by atoms with E-state index in [0.29, 0.717) is 30.8 Å². The lowest BCUT2D eigenvalue weighted by Crippen LogP contribution is -2.33. The number of nitrogen functional groups attached to an aromatic ring is 1. The topological polar surface area (TPSA) is 82.3 Å². The van der Waals surface area contributed by atoms with E-state index in [2.05, 4.69) is 4.98 Å². The first-order chi connectivity index (χ1) is 8.96. The summed E-state index contributed by atoms with van der Waals surface area (Å²) in [6, 6.07) is 5.46. The molecule has 1 aromatic carbocycles. The van der Waals surface area contributed by atoms with Gasteiger partial charge in [-0.2, -0.15) is 0 Å². The normalized spacial score (nSPS) is 23.2. The second-order valence-electron chi connectivity index (χ2n) is 5.48. The van der Waals surface area contributed by atoms with Crippen LogP contribution in [0.4, 0.5) is 5.69 Å². The van der Waals surface area contributed by atoms with Gasteiger partial charge in [-0.3, -0.25) is 4.79 Å². The molecule has 1 amide bonds. The molecule has 1 aliphatic rings. The number of aromatic amines is 1. The van der Waals surface area contributed by atoms with Crippen molar-refractivity contribution < 1.29 is 9.90 Å². The van der Waals surface area contributed by atoms with Gasteiger partial charge in [-0.05, 0) is 31.5 Å². The molecule has 0 aliphatic carbocycles. The van der Waals surface area contributed by atoms with E-state index in [1.165, 1.54) is 0 Å². The van der Waals surface area contributed by atoms with Crippen LogP contribution in [-0.2, 0) is 0 Å². The van der Waals surface area contributed by atoms with Gasteiger partial charge in [0, 0.05) is 35.9 Å². The Morgan fingerprint density at radius 1 is 1.53 bits per heavy atom. The highest BCUT2D eigenvalue weighted by Gasteiger charge is 2.34. The number of nitrogens with zero attached hydrogens (tertiary/aromatic N) is 1. The highest BCUT2D eigenvalue weighted by atomic mass is 16.3. The van der Waals surface area contributed by atoms with E-state index in [4.69, 9.17) is 5.73 Å². The quantitative estimate of drug-likeness (QED) is 0.676. The van der Waals surface area contributed by atoms with E-state index < -0.39 is 5.60 Å². The van der Waals surface area contributed by atoms with E-state index in [-0.39, 0.29) is 5.91 Å². The number of anilines is 1. The Bertz CT molecular complexity index is 645. The molecule has 1 aliphatic heterocycles. The van der Waals surface area contributed by atoms with Gasteiger partial charge < -0.3 is 20.7 Å². The maximum atomic E-state index is 12.5. The van der Waals surface area contributed by atoms with E-state index in [1.54, 1.807) is 30.2 Å². The lowest BCUT2D eigenvalue weighted by atomic mass is 10.1. The third-order valence-corrected chi connectivity index (χ3v) is 3.68. The van der Waals surface area contributed by atoms with Gasteiger partial charge in [0.25, 0.3) is 5.91 Å². The summed E-state index contributed by atoms with van der Waals surface area (Å²) in [6.07, 6.45) is 2.32. The first kappa shape index (κ1) is 12.0. The number of likely N-dealkylation sites (tertiary alicyclic amines) is 1. The summed E-state index contributed by atoms with van der Waals surface area (Å²) in [5, 5.41) is 10.8. The highest BCUT2D eigenvalue weighted by molar-refractivity contribution is 6.07. The Balaban J connectivity index is 1.96. The smallest absolute Gasteiger partial charge is 0.256 e. The average Bonchev–Trinajstić information content (AvgIpc) is 2.91. The molecule has 19 heavy (non-hydrogen) atoms. The number of aliphatic hydroxyl groups is 1. The monoisotopic (exact) mass is 259 g/mol. The predicted octanol–water partition coefficient (Wildman–Crippen LogP) is 1.35. The largest absolute Gasteiger partial charge is 0.399 e. The van der Waals surface area contributed by atoms with Crippen LogP contribution in [0.1, 0.15) is 23.7 Å². The molecule has 1 saturated heterocycles. The SMILES string of the molecule is CC1(O)CCN(C(=O)c2c[nH]c3ccc(N)cc23)C1. The Hall–Kier alpha value is -2.01. The Kier molecular flexibility index (Phi) is 2.53. The number of aromatic nitrogens is 1. The molecule has 0 spiro atoms. The zero-order valence-electron chi connectivity index (χ0n) is 10.8. The van der Waals surface area contributed by atoms with Crippen molar-refractivity contribution in [3.05, 3.63) is 30.0 Å². The van der Waals surface area contributed by atoms with Crippen LogP contribution < -0.4 is 5.73 Å². The maximum absolute atomic E-state index is 12.5.